The molecule has 1 N–H and O–H groups in total. The molecule has 0 aliphatic heterocycles. The Morgan fingerprint density at radius 1 is 0.854 bits per heavy atom. The lowest BCUT2D eigenvalue weighted by Crippen LogP contribution is -2.56. The van der Waals surface area contributed by atoms with Gasteiger partial charge in [-0.3, -0.25) is 13.9 Å². The number of nitrogens with zero attached hydrogens (tertiary/aromatic N) is 2. The maximum Gasteiger partial charge on any atom is 0.417 e. The molecule has 0 aliphatic rings. The summed E-state index contributed by atoms with van der Waals surface area (Å²) in [7, 11) is -4.67. The van der Waals surface area contributed by atoms with Gasteiger partial charge >= 0.3 is 6.18 Å². The summed E-state index contributed by atoms with van der Waals surface area (Å²) in [6, 6.07) is 22.4. The maximum absolute atomic E-state index is 15.0. The first-order valence-electron chi connectivity index (χ1n) is 14.8. The molecule has 2 amide bonds. The van der Waals surface area contributed by atoms with E-state index in [-0.39, 0.29) is 16.9 Å². The Bertz CT molecular complexity index is 1850. The van der Waals surface area contributed by atoms with E-state index < -0.39 is 74.8 Å². The molecule has 0 aromatic heterocycles. The van der Waals surface area contributed by atoms with Crippen LogP contribution in [0.3, 0.4) is 0 Å². The lowest BCUT2D eigenvalue weighted by atomic mass is 10.0. The van der Waals surface area contributed by atoms with E-state index in [0.717, 1.165) is 17.0 Å². The van der Waals surface area contributed by atoms with Crippen LogP contribution in [0.15, 0.2) is 108 Å². The van der Waals surface area contributed by atoms with Gasteiger partial charge in [-0.25, -0.2) is 12.8 Å². The number of amides is 2. The van der Waals surface area contributed by atoms with Crippen molar-refractivity contribution in [1.82, 2.24) is 10.2 Å². The fourth-order valence-corrected chi connectivity index (χ4v) is 6.60. The van der Waals surface area contributed by atoms with Gasteiger partial charge in [-0.1, -0.05) is 78.3 Å². The van der Waals surface area contributed by atoms with Gasteiger partial charge in [0.1, 0.15) is 18.4 Å². The van der Waals surface area contributed by atoms with E-state index in [1.165, 1.54) is 42.5 Å². The van der Waals surface area contributed by atoms with Crippen molar-refractivity contribution in [1.29, 1.82) is 0 Å². The monoisotopic (exact) mass is 703 g/mol. The standard InChI is InChI=1S/C35H34ClF4N3O4S/c1-34(2,3)41-33(45)31(20-24-12-6-4-7-13-24)42(22-25-14-10-11-17-30(25)37)32(44)23-43(48(46,47)27-15-8-5-9-16-27)26-18-19-29(36)28(21-26)35(38,39)40/h4-19,21,31H,20,22-23H2,1-3H3,(H,41,45)/t31-/m1/s1. The second-order valence-electron chi connectivity index (χ2n) is 12.0. The summed E-state index contributed by atoms with van der Waals surface area (Å²) in [5.41, 5.74) is -1.86. The molecular weight excluding hydrogens is 670 g/mol. The molecule has 13 heteroatoms. The Morgan fingerprint density at radius 2 is 1.44 bits per heavy atom. The fourth-order valence-electron chi connectivity index (χ4n) is 4.95. The van der Waals surface area contributed by atoms with Crippen molar-refractivity contribution in [2.24, 2.45) is 0 Å². The van der Waals surface area contributed by atoms with Crippen LogP contribution in [0.1, 0.15) is 37.5 Å². The van der Waals surface area contributed by atoms with E-state index in [1.807, 2.05) is 0 Å². The Hall–Kier alpha value is -4.42. The summed E-state index contributed by atoms with van der Waals surface area (Å²) in [6.45, 7) is 3.73. The van der Waals surface area contributed by atoms with Gasteiger partial charge in [0.2, 0.25) is 11.8 Å². The molecule has 0 aliphatic carbocycles. The lowest BCUT2D eigenvalue weighted by Gasteiger charge is -2.35. The molecule has 0 radical (unpaired) electrons. The quantitative estimate of drug-likeness (QED) is 0.167. The van der Waals surface area contributed by atoms with Crippen LogP contribution in [0, 0.1) is 5.82 Å². The number of nitrogens with one attached hydrogen (secondary N) is 1. The molecule has 7 nitrogen and oxygen atoms in total. The van der Waals surface area contributed by atoms with Crippen LogP contribution in [0.2, 0.25) is 5.02 Å². The lowest BCUT2D eigenvalue weighted by molar-refractivity contribution is -0.140. The van der Waals surface area contributed by atoms with E-state index in [1.54, 1.807) is 63.2 Å². The molecule has 254 valence electrons. The number of hydrogen-bond acceptors (Lipinski definition) is 4. The summed E-state index contributed by atoms with van der Waals surface area (Å²) >= 11 is 5.84. The minimum Gasteiger partial charge on any atom is -0.350 e. The third-order valence-corrected chi connectivity index (χ3v) is 9.34. The smallest absolute Gasteiger partial charge is 0.350 e. The molecule has 4 rings (SSSR count). The molecule has 0 saturated heterocycles. The highest BCUT2D eigenvalue weighted by atomic mass is 35.5. The second-order valence-corrected chi connectivity index (χ2v) is 14.3. The average Bonchev–Trinajstić information content (AvgIpc) is 3.02. The number of anilines is 1. The van der Waals surface area contributed by atoms with Gasteiger partial charge in [-0.05, 0) is 62.7 Å². The number of carbonyl (C=O) groups excluding carboxylic acids is 2. The van der Waals surface area contributed by atoms with Crippen LogP contribution in [0.25, 0.3) is 0 Å². The molecule has 1 atom stereocenters. The minimum atomic E-state index is -4.94. The van der Waals surface area contributed by atoms with Crippen LogP contribution in [-0.4, -0.2) is 43.3 Å². The second kappa shape index (κ2) is 14.8. The normalized spacial score (nSPS) is 12.7. The first-order chi connectivity index (χ1) is 22.5. The van der Waals surface area contributed by atoms with Gasteiger partial charge < -0.3 is 10.2 Å². The average molecular weight is 704 g/mol. The molecule has 48 heavy (non-hydrogen) atoms. The first-order valence-corrected chi connectivity index (χ1v) is 16.6. The van der Waals surface area contributed by atoms with Crippen LogP contribution >= 0.6 is 11.6 Å². The Labute approximate surface area is 282 Å². The number of alkyl halides is 3. The molecule has 0 unspecified atom stereocenters. The highest BCUT2D eigenvalue weighted by Crippen LogP contribution is 2.38. The molecule has 0 saturated carbocycles. The van der Waals surface area contributed by atoms with Crippen molar-refractivity contribution in [3.05, 3.63) is 131 Å². The summed E-state index contributed by atoms with van der Waals surface area (Å²) in [6.07, 6.45) is -4.98. The predicted molar refractivity (Wildman–Crippen MR) is 176 cm³/mol. The molecule has 4 aromatic carbocycles. The topological polar surface area (TPSA) is 86.8 Å². The molecule has 0 fully saturated rings. The highest BCUT2D eigenvalue weighted by Gasteiger charge is 2.38. The number of rotatable bonds is 11. The van der Waals surface area contributed by atoms with Crippen molar-refractivity contribution in [2.45, 2.75) is 56.4 Å². The summed E-state index contributed by atoms with van der Waals surface area (Å²) in [5.74, 6) is -2.24. The molecular formula is C35H34ClF4N3O4S. The van der Waals surface area contributed by atoms with Gasteiger partial charge in [0.25, 0.3) is 10.0 Å². The molecule has 0 bridgehead atoms. The van der Waals surface area contributed by atoms with E-state index in [9.17, 15) is 31.2 Å². The van der Waals surface area contributed by atoms with Gasteiger partial charge in [-0.2, -0.15) is 13.2 Å². The van der Waals surface area contributed by atoms with Crippen molar-refractivity contribution in [2.75, 3.05) is 10.8 Å². The molecule has 0 heterocycles. The number of benzene rings is 4. The fraction of sp³-hybridized carbons (Fsp3) is 0.257. The summed E-state index contributed by atoms with van der Waals surface area (Å²) < 4.78 is 85.4. The molecule has 4 aromatic rings. The first kappa shape index (κ1) is 36.4. The van der Waals surface area contributed by atoms with Crippen molar-refractivity contribution < 1.29 is 35.6 Å². The van der Waals surface area contributed by atoms with Crippen LogP contribution in [0.4, 0.5) is 23.2 Å². The minimum absolute atomic E-state index is 0.0342. The zero-order valence-electron chi connectivity index (χ0n) is 26.3. The van der Waals surface area contributed by atoms with Crippen LogP contribution in [-0.2, 0) is 38.8 Å². The third kappa shape index (κ3) is 9.13. The zero-order chi connectivity index (χ0) is 35.3. The number of carbonyl (C=O) groups is 2. The largest absolute Gasteiger partial charge is 0.417 e. The van der Waals surface area contributed by atoms with Crippen molar-refractivity contribution in [3.8, 4) is 0 Å². The van der Waals surface area contributed by atoms with E-state index in [2.05, 4.69) is 5.32 Å². The van der Waals surface area contributed by atoms with Gasteiger partial charge in [0, 0.05) is 24.1 Å². The Kier molecular flexibility index (Phi) is 11.2. The number of hydrogen-bond donors (Lipinski definition) is 1. The van der Waals surface area contributed by atoms with Crippen molar-refractivity contribution in [3.63, 3.8) is 0 Å². The van der Waals surface area contributed by atoms with Gasteiger partial charge in [0.15, 0.2) is 0 Å². The predicted octanol–water partition coefficient (Wildman–Crippen LogP) is 7.25. The maximum atomic E-state index is 15.0. The van der Waals surface area contributed by atoms with Gasteiger partial charge in [-0.15, -0.1) is 0 Å². The van der Waals surface area contributed by atoms with E-state index in [0.29, 0.717) is 15.9 Å². The van der Waals surface area contributed by atoms with Gasteiger partial charge in [0.05, 0.1) is 21.2 Å². The van der Waals surface area contributed by atoms with E-state index in [4.69, 9.17) is 11.6 Å². The number of sulfonamides is 1. The number of halogens is 5. The van der Waals surface area contributed by atoms with Crippen LogP contribution < -0.4 is 9.62 Å². The van der Waals surface area contributed by atoms with E-state index >= 15 is 4.39 Å². The Morgan fingerprint density at radius 3 is 2.02 bits per heavy atom. The SMILES string of the molecule is CC(C)(C)NC(=O)[C@@H](Cc1ccccc1)N(Cc1ccccc1F)C(=O)CN(c1ccc(Cl)c(C(F)(F)F)c1)S(=O)(=O)c1ccccc1. The summed E-state index contributed by atoms with van der Waals surface area (Å²) in [5, 5.41) is 2.18. The Balaban J connectivity index is 1.88. The molecule has 0 spiro atoms. The van der Waals surface area contributed by atoms with Crippen LogP contribution in [0.5, 0.6) is 0 Å². The third-order valence-electron chi connectivity index (χ3n) is 7.22. The van der Waals surface area contributed by atoms with Crippen molar-refractivity contribution >= 4 is 39.1 Å². The zero-order valence-corrected chi connectivity index (χ0v) is 27.9. The highest BCUT2D eigenvalue weighted by molar-refractivity contribution is 7.92. The summed E-state index contributed by atoms with van der Waals surface area (Å²) in [4.78, 5) is 29.1.